The highest BCUT2D eigenvalue weighted by Gasteiger charge is 2.11. The number of pyridine rings is 1. The maximum atomic E-state index is 11.9. The van der Waals surface area contributed by atoms with Crippen LogP contribution in [0.25, 0.3) is 10.9 Å². The first kappa shape index (κ1) is 11.4. The maximum Gasteiger partial charge on any atom is 0.277 e. The van der Waals surface area contributed by atoms with Gasteiger partial charge in [-0.2, -0.15) is 0 Å². The van der Waals surface area contributed by atoms with Crippen molar-refractivity contribution in [1.82, 2.24) is 10.1 Å². The first-order chi connectivity index (χ1) is 9.22. The Kier molecular flexibility index (Phi) is 2.72. The summed E-state index contributed by atoms with van der Waals surface area (Å²) in [6, 6.07) is 11.2. The Morgan fingerprint density at radius 2 is 2.11 bits per heavy atom. The van der Waals surface area contributed by atoms with Crippen LogP contribution in [0, 0.1) is 6.92 Å². The molecular weight excluding hydrogens is 242 g/mol. The Balaban J connectivity index is 1.87. The van der Waals surface area contributed by atoms with Crippen LogP contribution in [-0.4, -0.2) is 16.0 Å². The van der Waals surface area contributed by atoms with Gasteiger partial charge in [-0.25, -0.2) is 0 Å². The average molecular weight is 253 g/mol. The van der Waals surface area contributed by atoms with Gasteiger partial charge in [-0.15, -0.1) is 0 Å². The summed E-state index contributed by atoms with van der Waals surface area (Å²) in [5, 5.41) is 7.38. The van der Waals surface area contributed by atoms with E-state index in [0.29, 0.717) is 11.4 Å². The number of carbonyl (C=O) groups excluding carboxylic acids is 1. The first-order valence-electron chi connectivity index (χ1n) is 5.82. The zero-order chi connectivity index (χ0) is 13.2. The number of rotatable bonds is 2. The van der Waals surface area contributed by atoms with E-state index in [4.69, 9.17) is 4.52 Å². The summed E-state index contributed by atoms with van der Waals surface area (Å²) >= 11 is 0. The summed E-state index contributed by atoms with van der Waals surface area (Å²) in [5.74, 6) is 0.288. The highest BCUT2D eigenvalue weighted by atomic mass is 16.5. The molecule has 3 aromatic rings. The highest BCUT2D eigenvalue weighted by molar-refractivity contribution is 6.03. The Hall–Kier alpha value is -2.69. The summed E-state index contributed by atoms with van der Waals surface area (Å²) in [6.07, 6.45) is 1.62. The largest absolute Gasteiger partial charge is 0.361 e. The number of fused-ring (bicyclic) bond motifs is 1. The van der Waals surface area contributed by atoms with E-state index in [-0.39, 0.29) is 11.6 Å². The van der Waals surface area contributed by atoms with Gasteiger partial charge in [0.05, 0.1) is 17.4 Å². The molecule has 0 saturated carbocycles. The van der Waals surface area contributed by atoms with Crippen molar-refractivity contribution in [3.8, 4) is 0 Å². The fourth-order valence-electron chi connectivity index (χ4n) is 1.81. The van der Waals surface area contributed by atoms with E-state index in [9.17, 15) is 4.79 Å². The summed E-state index contributed by atoms with van der Waals surface area (Å²) < 4.78 is 4.87. The quantitative estimate of drug-likeness (QED) is 0.762. The molecule has 0 fully saturated rings. The van der Waals surface area contributed by atoms with E-state index in [2.05, 4.69) is 15.5 Å². The van der Waals surface area contributed by atoms with Crippen LogP contribution in [0.1, 0.15) is 16.2 Å². The standard InChI is InChI=1S/C14H11N3O2/c1-9-6-13(17-19-9)14(18)16-11-7-10-4-2-3-5-12(10)15-8-11/h2-8H,1H3,(H,16,18). The van der Waals surface area contributed by atoms with Gasteiger partial charge in [-0.05, 0) is 19.1 Å². The zero-order valence-corrected chi connectivity index (χ0v) is 10.3. The van der Waals surface area contributed by atoms with Crippen molar-refractivity contribution in [2.24, 2.45) is 0 Å². The van der Waals surface area contributed by atoms with Crippen molar-refractivity contribution in [1.29, 1.82) is 0 Å². The van der Waals surface area contributed by atoms with Gasteiger partial charge in [0, 0.05) is 11.5 Å². The molecule has 0 aliphatic rings. The smallest absolute Gasteiger partial charge is 0.277 e. The molecule has 3 rings (SSSR count). The number of hydrogen-bond acceptors (Lipinski definition) is 4. The molecule has 1 aromatic carbocycles. The lowest BCUT2D eigenvalue weighted by molar-refractivity contribution is 0.101. The third-order valence-corrected chi connectivity index (χ3v) is 2.71. The molecule has 1 amide bonds. The van der Waals surface area contributed by atoms with Gasteiger partial charge >= 0.3 is 0 Å². The highest BCUT2D eigenvalue weighted by Crippen LogP contribution is 2.16. The molecule has 94 valence electrons. The minimum atomic E-state index is -0.311. The lowest BCUT2D eigenvalue weighted by atomic mass is 10.2. The number of benzene rings is 1. The monoisotopic (exact) mass is 253 g/mol. The molecule has 1 N–H and O–H groups in total. The molecule has 0 spiro atoms. The summed E-state index contributed by atoms with van der Waals surface area (Å²) in [7, 11) is 0. The van der Waals surface area contributed by atoms with Crippen molar-refractivity contribution < 1.29 is 9.32 Å². The topological polar surface area (TPSA) is 68.0 Å². The Morgan fingerprint density at radius 1 is 1.26 bits per heavy atom. The summed E-state index contributed by atoms with van der Waals surface area (Å²) in [6.45, 7) is 1.74. The van der Waals surface area contributed by atoms with Gasteiger partial charge in [-0.1, -0.05) is 23.4 Å². The van der Waals surface area contributed by atoms with Crippen molar-refractivity contribution in [2.75, 3.05) is 5.32 Å². The number of aromatic nitrogens is 2. The van der Waals surface area contributed by atoms with Crippen LogP contribution in [0.4, 0.5) is 5.69 Å². The Bertz CT molecular complexity index is 749. The molecule has 0 bridgehead atoms. The SMILES string of the molecule is Cc1cc(C(=O)Nc2cnc3ccccc3c2)no1. The maximum absolute atomic E-state index is 11.9. The van der Waals surface area contributed by atoms with Gasteiger partial charge < -0.3 is 9.84 Å². The van der Waals surface area contributed by atoms with Gasteiger partial charge in [0.25, 0.3) is 5.91 Å². The number of para-hydroxylation sites is 1. The fraction of sp³-hybridized carbons (Fsp3) is 0.0714. The lowest BCUT2D eigenvalue weighted by Crippen LogP contribution is -2.12. The molecule has 0 aliphatic carbocycles. The molecule has 0 radical (unpaired) electrons. The minimum Gasteiger partial charge on any atom is -0.361 e. The van der Waals surface area contributed by atoms with E-state index in [1.165, 1.54) is 0 Å². The van der Waals surface area contributed by atoms with Gasteiger partial charge in [0.15, 0.2) is 5.69 Å². The Labute approximate surface area is 109 Å². The third kappa shape index (κ3) is 2.30. The molecular formula is C14H11N3O2. The fourth-order valence-corrected chi connectivity index (χ4v) is 1.81. The lowest BCUT2D eigenvalue weighted by Gasteiger charge is -2.03. The van der Waals surface area contributed by atoms with Crippen molar-refractivity contribution in [2.45, 2.75) is 6.92 Å². The van der Waals surface area contributed by atoms with Crippen LogP contribution < -0.4 is 5.32 Å². The molecule has 0 atom stereocenters. The zero-order valence-electron chi connectivity index (χ0n) is 10.3. The molecule has 0 saturated heterocycles. The molecule has 19 heavy (non-hydrogen) atoms. The van der Waals surface area contributed by atoms with E-state index in [1.54, 1.807) is 19.2 Å². The van der Waals surface area contributed by atoms with Crippen molar-refractivity contribution in [3.05, 3.63) is 54.0 Å². The number of amides is 1. The molecule has 0 aliphatic heterocycles. The molecule has 2 aromatic heterocycles. The van der Waals surface area contributed by atoms with Crippen LogP contribution in [0.15, 0.2) is 47.1 Å². The van der Waals surface area contributed by atoms with Crippen LogP contribution in [0.5, 0.6) is 0 Å². The van der Waals surface area contributed by atoms with Crippen LogP contribution >= 0.6 is 0 Å². The van der Waals surface area contributed by atoms with Gasteiger partial charge in [-0.3, -0.25) is 9.78 Å². The molecule has 5 nitrogen and oxygen atoms in total. The first-order valence-corrected chi connectivity index (χ1v) is 5.82. The second kappa shape index (κ2) is 4.53. The number of carbonyl (C=O) groups is 1. The minimum absolute atomic E-state index is 0.255. The Morgan fingerprint density at radius 3 is 2.89 bits per heavy atom. The number of hydrogen-bond donors (Lipinski definition) is 1. The van der Waals surface area contributed by atoms with E-state index in [0.717, 1.165) is 10.9 Å². The summed E-state index contributed by atoms with van der Waals surface area (Å²) in [5.41, 5.74) is 1.77. The van der Waals surface area contributed by atoms with Crippen LogP contribution in [0.2, 0.25) is 0 Å². The molecule has 0 unspecified atom stereocenters. The van der Waals surface area contributed by atoms with Crippen LogP contribution in [-0.2, 0) is 0 Å². The third-order valence-electron chi connectivity index (χ3n) is 2.71. The molecule has 2 heterocycles. The summed E-state index contributed by atoms with van der Waals surface area (Å²) in [4.78, 5) is 16.2. The van der Waals surface area contributed by atoms with E-state index in [1.807, 2.05) is 30.3 Å². The predicted molar refractivity (Wildman–Crippen MR) is 70.9 cm³/mol. The van der Waals surface area contributed by atoms with Gasteiger partial charge in [0.2, 0.25) is 0 Å². The van der Waals surface area contributed by atoms with Crippen molar-refractivity contribution in [3.63, 3.8) is 0 Å². The average Bonchev–Trinajstić information content (AvgIpc) is 2.85. The number of nitrogens with one attached hydrogen (secondary N) is 1. The number of nitrogens with zero attached hydrogens (tertiary/aromatic N) is 2. The number of anilines is 1. The van der Waals surface area contributed by atoms with Crippen molar-refractivity contribution >= 4 is 22.5 Å². The number of aryl methyl sites for hydroxylation is 1. The normalized spacial score (nSPS) is 10.6. The molecule has 5 heteroatoms. The van der Waals surface area contributed by atoms with Gasteiger partial charge in [0.1, 0.15) is 5.76 Å². The second-order valence-corrected chi connectivity index (χ2v) is 4.19. The second-order valence-electron chi connectivity index (χ2n) is 4.19. The van der Waals surface area contributed by atoms with E-state index < -0.39 is 0 Å². The van der Waals surface area contributed by atoms with E-state index >= 15 is 0 Å². The van der Waals surface area contributed by atoms with Crippen LogP contribution in [0.3, 0.4) is 0 Å². The predicted octanol–water partition coefficient (Wildman–Crippen LogP) is 2.78.